The van der Waals surface area contributed by atoms with Gasteiger partial charge >= 0.3 is 0 Å². The molecule has 114 valence electrons. The normalized spacial score (nSPS) is 11.3. The lowest BCUT2D eigenvalue weighted by atomic mass is 10.2. The molecular weight excluding hydrogens is 302 g/mol. The molecule has 0 fully saturated rings. The van der Waals surface area contributed by atoms with Gasteiger partial charge in [-0.05, 0) is 32.9 Å². The van der Waals surface area contributed by atoms with Crippen LogP contribution in [-0.4, -0.2) is 16.5 Å². The zero-order valence-electron chi connectivity index (χ0n) is 12.4. The number of benzene rings is 1. The Kier molecular flexibility index (Phi) is 4.67. The summed E-state index contributed by atoms with van der Waals surface area (Å²) in [5.74, 6) is -0.479. The fourth-order valence-electron chi connectivity index (χ4n) is 2.01. The number of carbonyl (C=O) groups is 1. The van der Waals surface area contributed by atoms with Crippen LogP contribution < -0.4 is 5.43 Å². The third-order valence-corrected chi connectivity index (χ3v) is 4.04. The van der Waals surface area contributed by atoms with E-state index in [4.69, 9.17) is 0 Å². The summed E-state index contributed by atoms with van der Waals surface area (Å²) in [5.41, 5.74) is 4.18. The van der Waals surface area contributed by atoms with Crippen LogP contribution in [0.25, 0.3) is 0 Å². The Balaban J connectivity index is 2.15. The Morgan fingerprint density at radius 1 is 1.32 bits per heavy atom. The molecule has 1 amide bonds. The summed E-state index contributed by atoms with van der Waals surface area (Å²) in [7, 11) is 0. The number of non-ortho nitro benzene ring substituents is 1. The lowest BCUT2D eigenvalue weighted by molar-refractivity contribution is -0.384. The van der Waals surface area contributed by atoms with Crippen molar-refractivity contribution < 1.29 is 9.72 Å². The Bertz CT molecular complexity index is 765. The third-order valence-electron chi connectivity index (χ3n) is 3.08. The van der Waals surface area contributed by atoms with Gasteiger partial charge < -0.3 is 0 Å². The summed E-state index contributed by atoms with van der Waals surface area (Å²) in [6.07, 6.45) is 0. The quantitative estimate of drug-likeness (QED) is 0.532. The fourth-order valence-corrected chi connectivity index (χ4v) is 2.99. The second-order valence-corrected chi connectivity index (χ2v) is 6.23. The van der Waals surface area contributed by atoms with Crippen molar-refractivity contribution in [1.82, 2.24) is 5.43 Å². The summed E-state index contributed by atoms with van der Waals surface area (Å²) in [6.45, 7) is 5.81. The number of hydrogen-bond acceptors (Lipinski definition) is 5. The van der Waals surface area contributed by atoms with Gasteiger partial charge in [-0.2, -0.15) is 5.10 Å². The minimum Gasteiger partial charge on any atom is -0.267 e. The number of amides is 1. The molecule has 0 saturated carbocycles. The monoisotopic (exact) mass is 317 g/mol. The number of carbonyl (C=O) groups excluding carboxylic acids is 1. The van der Waals surface area contributed by atoms with E-state index in [0.29, 0.717) is 5.71 Å². The fraction of sp³-hybridized carbons (Fsp3) is 0.200. The van der Waals surface area contributed by atoms with E-state index in [0.717, 1.165) is 10.4 Å². The lowest BCUT2D eigenvalue weighted by Gasteiger charge is -2.02. The molecule has 2 rings (SSSR count). The van der Waals surface area contributed by atoms with E-state index >= 15 is 0 Å². The molecular formula is C15H15N3O3S. The van der Waals surface area contributed by atoms with Gasteiger partial charge in [-0.3, -0.25) is 14.9 Å². The van der Waals surface area contributed by atoms with Gasteiger partial charge in [0.1, 0.15) is 0 Å². The smallest absolute Gasteiger partial charge is 0.267 e. The zero-order chi connectivity index (χ0) is 16.3. The Labute approximate surface area is 131 Å². The molecule has 1 aromatic carbocycles. The van der Waals surface area contributed by atoms with Crippen LogP contribution in [0.5, 0.6) is 0 Å². The highest BCUT2D eigenvalue weighted by Crippen LogP contribution is 2.21. The molecule has 22 heavy (non-hydrogen) atoms. The minimum absolute atomic E-state index is 0.127. The van der Waals surface area contributed by atoms with Crippen molar-refractivity contribution in [2.24, 2.45) is 5.10 Å². The predicted molar refractivity (Wildman–Crippen MR) is 86.6 cm³/mol. The number of thiophene rings is 1. The van der Waals surface area contributed by atoms with Crippen molar-refractivity contribution in [3.8, 4) is 0 Å². The first-order valence-corrected chi connectivity index (χ1v) is 7.36. The van der Waals surface area contributed by atoms with Crippen molar-refractivity contribution in [3.63, 3.8) is 0 Å². The molecule has 2 aromatic rings. The molecule has 0 unspecified atom stereocenters. The molecule has 0 bridgehead atoms. The number of nitro benzene ring substituents is 1. The van der Waals surface area contributed by atoms with Crippen molar-refractivity contribution in [2.45, 2.75) is 20.8 Å². The molecule has 6 nitrogen and oxygen atoms in total. The largest absolute Gasteiger partial charge is 0.271 e. The molecule has 0 aliphatic carbocycles. The SMILES string of the molecule is C/C(=N/NC(=O)c1cccc([N+](=O)[O-])c1)c1cc(C)sc1C. The van der Waals surface area contributed by atoms with Crippen LogP contribution in [0.1, 0.15) is 32.6 Å². The predicted octanol–water partition coefficient (Wildman–Crippen LogP) is 3.43. The molecule has 0 aliphatic rings. The van der Waals surface area contributed by atoms with Crippen molar-refractivity contribution in [1.29, 1.82) is 0 Å². The molecule has 7 heteroatoms. The van der Waals surface area contributed by atoms with E-state index in [1.54, 1.807) is 11.3 Å². The Morgan fingerprint density at radius 3 is 2.64 bits per heavy atom. The van der Waals surface area contributed by atoms with Crippen LogP contribution in [0.3, 0.4) is 0 Å². The van der Waals surface area contributed by atoms with Gasteiger partial charge in [-0.25, -0.2) is 5.43 Å². The van der Waals surface area contributed by atoms with Crippen LogP contribution in [-0.2, 0) is 0 Å². The average Bonchev–Trinajstić information content (AvgIpc) is 2.83. The van der Waals surface area contributed by atoms with Gasteiger partial charge in [0.2, 0.25) is 0 Å². The molecule has 0 radical (unpaired) electrons. The van der Waals surface area contributed by atoms with Crippen molar-refractivity contribution in [3.05, 3.63) is 61.3 Å². The minimum atomic E-state index is -0.539. The third kappa shape index (κ3) is 3.56. The summed E-state index contributed by atoms with van der Waals surface area (Å²) in [5, 5.41) is 14.8. The number of nitrogens with zero attached hydrogens (tertiary/aromatic N) is 2. The van der Waals surface area contributed by atoms with Crippen LogP contribution >= 0.6 is 11.3 Å². The summed E-state index contributed by atoms with van der Waals surface area (Å²) >= 11 is 1.66. The first kappa shape index (κ1) is 15.8. The molecule has 0 spiro atoms. The van der Waals surface area contributed by atoms with Gasteiger partial charge in [-0.1, -0.05) is 6.07 Å². The van der Waals surface area contributed by atoms with Crippen LogP contribution in [0.2, 0.25) is 0 Å². The number of nitro groups is 1. The first-order chi connectivity index (χ1) is 10.4. The van der Waals surface area contributed by atoms with E-state index in [-0.39, 0.29) is 11.3 Å². The summed E-state index contributed by atoms with van der Waals surface area (Å²) in [4.78, 5) is 24.5. The van der Waals surface area contributed by atoms with Crippen molar-refractivity contribution >= 4 is 28.6 Å². The Hall–Kier alpha value is -2.54. The molecule has 1 heterocycles. The average molecular weight is 317 g/mol. The number of hydrogen-bond donors (Lipinski definition) is 1. The maximum absolute atomic E-state index is 12.0. The van der Waals surface area contributed by atoms with E-state index in [9.17, 15) is 14.9 Å². The highest BCUT2D eigenvalue weighted by atomic mass is 32.1. The summed E-state index contributed by atoms with van der Waals surface area (Å²) < 4.78 is 0. The highest BCUT2D eigenvalue weighted by molar-refractivity contribution is 7.12. The van der Waals surface area contributed by atoms with Crippen LogP contribution in [0, 0.1) is 24.0 Å². The molecule has 1 N–H and O–H groups in total. The second kappa shape index (κ2) is 6.48. The standard InChI is InChI=1S/C15H15N3O3S/c1-9-7-14(11(3)22-9)10(2)16-17-15(19)12-5-4-6-13(8-12)18(20)21/h4-8H,1-3H3,(H,17,19)/b16-10-. The maximum Gasteiger partial charge on any atom is 0.271 e. The molecule has 1 aromatic heterocycles. The van der Waals surface area contributed by atoms with Gasteiger partial charge in [-0.15, -0.1) is 11.3 Å². The van der Waals surface area contributed by atoms with Crippen LogP contribution in [0.4, 0.5) is 5.69 Å². The van der Waals surface area contributed by atoms with E-state index in [1.807, 2.05) is 26.8 Å². The number of hydrazone groups is 1. The van der Waals surface area contributed by atoms with Gasteiger partial charge in [0.25, 0.3) is 11.6 Å². The van der Waals surface area contributed by atoms with Gasteiger partial charge in [0.15, 0.2) is 0 Å². The number of nitrogens with one attached hydrogen (secondary N) is 1. The molecule has 0 aliphatic heterocycles. The maximum atomic E-state index is 12.0. The van der Waals surface area contributed by atoms with E-state index < -0.39 is 10.8 Å². The Morgan fingerprint density at radius 2 is 2.05 bits per heavy atom. The van der Waals surface area contributed by atoms with Crippen LogP contribution in [0.15, 0.2) is 35.4 Å². The lowest BCUT2D eigenvalue weighted by Crippen LogP contribution is -2.19. The van der Waals surface area contributed by atoms with E-state index in [1.165, 1.54) is 29.1 Å². The highest BCUT2D eigenvalue weighted by Gasteiger charge is 2.11. The molecule has 0 atom stereocenters. The molecule has 0 saturated heterocycles. The first-order valence-electron chi connectivity index (χ1n) is 6.55. The zero-order valence-corrected chi connectivity index (χ0v) is 13.2. The van der Waals surface area contributed by atoms with Crippen molar-refractivity contribution in [2.75, 3.05) is 0 Å². The topological polar surface area (TPSA) is 84.6 Å². The second-order valence-electron chi connectivity index (χ2n) is 4.77. The number of rotatable bonds is 4. The van der Waals surface area contributed by atoms with Gasteiger partial charge in [0, 0.05) is 33.0 Å². The van der Waals surface area contributed by atoms with Gasteiger partial charge in [0.05, 0.1) is 10.6 Å². The van der Waals surface area contributed by atoms with E-state index in [2.05, 4.69) is 10.5 Å². The number of aryl methyl sites for hydroxylation is 2. The summed E-state index contributed by atoms with van der Waals surface area (Å²) in [6, 6.07) is 7.55.